The van der Waals surface area contributed by atoms with Crippen molar-refractivity contribution in [2.75, 3.05) is 6.54 Å². The quantitative estimate of drug-likeness (QED) is 0.837. The first kappa shape index (κ1) is 13.4. The van der Waals surface area contributed by atoms with Gasteiger partial charge in [0.05, 0.1) is 0 Å². The lowest BCUT2D eigenvalue weighted by atomic mass is 10.0. The van der Waals surface area contributed by atoms with E-state index in [0.717, 1.165) is 18.4 Å². The van der Waals surface area contributed by atoms with Crippen molar-refractivity contribution in [1.82, 2.24) is 0 Å². The first-order chi connectivity index (χ1) is 9.20. The molecule has 0 bridgehead atoms. The molecule has 0 aliphatic heterocycles. The van der Waals surface area contributed by atoms with Crippen molar-refractivity contribution < 1.29 is 9.18 Å². The summed E-state index contributed by atoms with van der Waals surface area (Å²) in [6.07, 6.45) is 1.84. The van der Waals surface area contributed by atoms with Gasteiger partial charge in [-0.15, -0.1) is 0 Å². The van der Waals surface area contributed by atoms with Crippen LogP contribution in [0, 0.1) is 5.82 Å². The molecule has 0 heterocycles. The zero-order chi connectivity index (χ0) is 13.7. The molecule has 0 aromatic heterocycles. The molecule has 0 aliphatic carbocycles. The number of carbonyl (C=O) groups excluding carboxylic acids is 1. The zero-order valence-corrected chi connectivity index (χ0v) is 10.6. The summed E-state index contributed by atoms with van der Waals surface area (Å²) in [6, 6.07) is 13.1. The van der Waals surface area contributed by atoms with Crippen LogP contribution in [0.3, 0.4) is 0 Å². The number of hydrogen-bond acceptors (Lipinski definition) is 2. The van der Waals surface area contributed by atoms with Gasteiger partial charge in [-0.1, -0.05) is 36.4 Å². The Balaban J connectivity index is 2.15. The highest BCUT2D eigenvalue weighted by Gasteiger charge is 2.09. The Morgan fingerprint density at radius 1 is 1.05 bits per heavy atom. The predicted octanol–water partition coefficient (Wildman–Crippen LogP) is 2.95. The molecular formula is C16H16FNO. The van der Waals surface area contributed by atoms with Crippen LogP contribution in [0.4, 0.5) is 4.39 Å². The summed E-state index contributed by atoms with van der Waals surface area (Å²) in [4.78, 5) is 12.1. The maximum absolute atomic E-state index is 13.1. The van der Waals surface area contributed by atoms with Gasteiger partial charge >= 0.3 is 0 Å². The Hall–Kier alpha value is -2.00. The van der Waals surface area contributed by atoms with Crippen molar-refractivity contribution in [2.24, 2.45) is 5.73 Å². The lowest BCUT2D eigenvalue weighted by Crippen LogP contribution is -2.03. The second-order valence-electron chi connectivity index (χ2n) is 4.43. The summed E-state index contributed by atoms with van der Waals surface area (Å²) >= 11 is 0. The van der Waals surface area contributed by atoms with Gasteiger partial charge in [0, 0.05) is 11.1 Å². The van der Waals surface area contributed by atoms with E-state index in [4.69, 9.17) is 5.73 Å². The third kappa shape index (κ3) is 3.48. The highest BCUT2D eigenvalue weighted by molar-refractivity contribution is 6.08. The van der Waals surface area contributed by atoms with Gasteiger partial charge in [-0.05, 0) is 37.1 Å². The fraction of sp³-hybridized carbons (Fsp3) is 0.188. The largest absolute Gasteiger partial charge is 0.330 e. The molecule has 0 saturated carbocycles. The molecule has 2 N–H and O–H groups in total. The minimum atomic E-state index is -0.398. The van der Waals surface area contributed by atoms with Gasteiger partial charge in [0.2, 0.25) is 0 Å². The van der Waals surface area contributed by atoms with Gasteiger partial charge in [-0.3, -0.25) is 4.79 Å². The number of hydrogen-bond donors (Lipinski definition) is 1. The maximum Gasteiger partial charge on any atom is 0.193 e. The first-order valence-corrected chi connectivity index (χ1v) is 6.30. The summed E-state index contributed by atoms with van der Waals surface area (Å²) in [6.45, 7) is 0.657. The average molecular weight is 257 g/mol. The normalized spacial score (nSPS) is 10.4. The smallest absolute Gasteiger partial charge is 0.193 e. The van der Waals surface area contributed by atoms with Crippen LogP contribution in [-0.4, -0.2) is 12.3 Å². The lowest BCUT2D eigenvalue weighted by Gasteiger charge is -2.04. The van der Waals surface area contributed by atoms with Gasteiger partial charge in [-0.25, -0.2) is 4.39 Å². The Morgan fingerprint density at radius 2 is 1.79 bits per heavy atom. The third-order valence-corrected chi connectivity index (χ3v) is 2.97. The molecule has 2 aromatic rings. The molecule has 0 aliphatic rings. The third-order valence-electron chi connectivity index (χ3n) is 2.97. The Labute approximate surface area is 112 Å². The van der Waals surface area contributed by atoms with Crippen molar-refractivity contribution in [3.8, 4) is 0 Å². The molecule has 0 saturated heterocycles. The van der Waals surface area contributed by atoms with Crippen LogP contribution in [0.2, 0.25) is 0 Å². The molecule has 2 rings (SSSR count). The monoisotopic (exact) mass is 257 g/mol. The summed E-state index contributed by atoms with van der Waals surface area (Å²) < 4.78 is 13.1. The second-order valence-corrected chi connectivity index (χ2v) is 4.43. The van der Waals surface area contributed by atoms with E-state index in [0.29, 0.717) is 17.7 Å². The predicted molar refractivity (Wildman–Crippen MR) is 73.6 cm³/mol. The molecule has 19 heavy (non-hydrogen) atoms. The van der Waals surface area contributed by atoms with E-state index in [-0.39, 0.29) is 5.78 Å². The van der Waals surface area contributed by atoms with Gasteiger partial charge in [0.15, 0.2) is 5.78 Å². The summed E-state index contributed by atoms with van der Waals surface area (Å²) in [5.74, 6) is -0.560. The van der Waals surface area contributed by atoms with Crippen LogP contribution in [0.5, 0.6) is 0 Å². The van der Waals surface area contributed by atoms with E-state index >= 15 is 0 Å². The number of halogens is 1. The Bertz CT molecular complexity index is 563. The van der Waals surface area contributed by atoms with E-state index < -0.39 is 5.82 Å². The average Bonchev–Trinajstić information content (AvgIpc) is 2.45. The van der Waals surface area contributed by atoms with Crippen LogP contribution < -0.4 is 5.73 Å². The SMILES string of the molecule is NCCCc1ccc(C(=O)c2cccc(F)c2)cc1. The van der Waals surface area contributed by atoms with Crippen LogP contribution >= 0.6 is 0 Å². The molecule has 98 valence electrons. The molecule has 0 radical (unpaired) electrons. The van der Waals surface area contributed by atoms with Gasteiger partial charge in [0.25, 0.3) is 0 Å². The fourth-order valence-electron chi connectivity index (χ4n) is 1.93. The highest BCUT2D eigenvalue weighted by Crippen LogP contribution is 2.13. The fourth-order valence-corrected chi connectivity index (χ4v) is 1.93. The molecule has 0 spiro atoms. The highest BCUT2D eigenvalue weighted by atomic mass is 19.1. The molecule has 0 amide bonds. The number of rotatable bonds is 5. The topological polar surface area (TPSA) is 43.1 Å². The van der Waals surface area contributed by atoms with Crippen molar-refractivity contribution in [2.45, 2.75) is 12.8 Å². The summed E-state index contributed by atoms with van der Waals surface area (Å²) in [5.41, 5.74) is 7.55. The van der Waals surface area contributed by atoms with E-state index in [1.165, 1.54) is 18.2 Å². The van der Waals surface area contributed by atoms with Gasteiger partial charge < -0.3 is 5.73 Å². The van der Waals surface area contributed by atoms with Gasteiger partial charge in [0.1, 0.15) is 5.82 Å². The number of carbonyl (C=O) groups is 1. The van der Waals surface area contributed by atoms with Crippen LogP contribution in [0.1, 0.15) is 27.9 Å². The van der Waals surface area contributed by atoms with Crippen LogP contribution in [0.15, 0.2) is 48.5 Å². The minimum absolute atomic E-state index is 0.162. The summed E-state index contributed by atoms with van der Waals surface area (Å²) in [7, 11) is 0. The number of ketones is 1. The summed E-state index contributed by atoms with van der Waals surface area (Å²) in [5, 5.41) is 0. The molecule has 2 aromatic carbocycles. The van der Waals surface area contributed by atoms with E-state index in [1.54, 1.807) is 18.2 Å². The van der Waals surface area contributed by atoms with Crippen molar-refractivity contribution >= 4 is 5.78 Å². The van der Waals surface area contributed by atoms with E-state index in [9.17, 15) is 9.18 Å². The maximum atomic E-state index is 13.1. The van der Waals surface area contributed by atoms with Crippen molar-refractivity contribution in [1.29, 1.82) is 0 Å². The van der Waals surface area contributed by atoms with E-state index in [1.807, 2.05) is 12.1 Å². The first-order valence-electron chi connectivity index (χ1n) is 6.30. The molecule has 0 unspecified atom stereocenters. The number of benzene rings is 2. The molecule has 3 heteroatoms. The molecule has 0 atom stereocenters. The van der Waals surface area contributed by atoms with Crippen LogP contribution in [0.25, 0.3) is 0 Å². The van der Waals surface area contributed by atoms with Crippen LogP contribution in [-0.2, 0) is 6.42 Å². The molecule has 0 fully saturated rings. The lowest BCUT2D eigenvalue weighted by molar-refractivity contribution is 0.103. The van der Waals surface area contributed by atoms with Gasteiger partial charge in [-0.2, -0.15) is 0 Å². The molecular weight excluding hydrogens is 241 g/mol. The standard InChI is InChI=1S/C16H16FNO/c17-15-5-1-4-14(11-15)16(19)13-8-6-12(7-9-13)3-2-10-18/h1,4-9,11H,2-3,10,18H2. The molecule has 2 nitrogen and oxygen atoms in total. The van der Waals surface area contributed by atoms with Crippen molar-refractivity contribution in [3.05, 3.63) is 71.0 Å². The Kier molecular flexibility index (Phi) is 4.42. The van der Waals surface area contributed by atoms with Crippen molar-refractivity contribution in [3.63, 3.8) is 0 Å². The number of nitrogens with two attached hydrogens (primary N) is 1. The number of aryl methyl sites for hydroxylation is 1. The van der Waals surface area contributed by atoms with E-state index in [2.05, 4.69) is 0 Å². The Morgan fingerprint density at radius 3 is 2.42 bits per heavy atom. The zero-order valence-electron chi connectivity index (χ0n) is 10.6. The minimum Gasteiger partial charge on any atom is -0.330 e. The second kappa shape index (κ2) is 6.25.